The van der Waals surface area contributed by atoms with Crippen LogP contribution in [0.3, 0.4) is 0 Å². The number of hydrogen-bond donors (Lipinski definition) is 1. The van der Waals surface area contributed by atoms with Crippen LogP contribution in [0.4, 0.5) is 0 Å². The van der Waals surface area contributed by atoms with Gasteiger partial charge in [0, 0.05) is 6.04 Å². The van der Waals surface area contributed by atoms with Gasteiger partial charge >= 0.3 is 0 Å². The summed E-state index contributed by atoms with van der Waals surface area (Å²) in [6, 6.07) is 3.75. The first-order chi connectivity index (χ1) is 7.67. The number of rotatable bonds is 5. The first-order valence-corrected chi connectivity index (χ1v) is 5.23. The molecule has 1 aromatic rings. The van der Waals surface area contributed by atoms with Gasteiger partial charge in [0.15, 0.2) is 11.5 Å². The van der Waals surface area contributed by atoms with Crippen molar-refractivity contribution < 1.29 is 14.2 Å². The quantitative estimate of drug-likeness (QED) is 0.885. The van der Waals surface area contributed by atoms with Crippen LogP contribution in [0, 0.1) is 0 Å². The first kappa shape index (κ1) is 15.9. The number of nitrogens with two attached hydrogens (primary N) is 1. The number of halogens is 1. The lowest BCUT2D eigenvalue weighted by molar-refractivity contribution is 0.323. The van der Waals surface area contributed by atoms with Gasteiger partial charge in [-0.05, 0) is 24.1 Å². The molecule has 2 N–H and O–H groups in total. The van der Waals surface area contributed by atoms with Crippen LogP contribution < -0.4 is 19.9 Å². The standard InChI is InChI=1S/C12H19NO3.ClH/c1-5-9(13)8-6-10(14-2)12(16-4)11(7-8)15-3;/h6-7,9H,5,13H2,1-4H3;1H/t9-;/m1./s1. The molecular weight excluding hydrogens is 242 g/mol. The molecule has 0 saturated heterocycles. The summed E-state index contributed by atoms with van der Waals surface area (Å²) in [7, 11) is 4.77. The monoisotopic (exact) mass is 261 g/mol. The molecule has 1 aromatic carbocycles. The molecule has 17 heavy (non-hydrogen) atoms. The Hall–Kier alpha value is -1.13. The van der Waals surface area contributed by atoms with Crippen molar-refractivity contribution in [3.05, 3.63) is 17.7 Å². The minimum absolute atomic E-state index is 0. The zero-order valence-electron chi connectivity index (χ0n) is 10.6. The van der Waals surface area contributed by atoms with Crippen molar-refractivity contribution in [2.24, 2.45) is 5.73 Å². The van der Waals surface area contributed by atoms with Crippen LogP contribution in [0.1, 0.15) is 24.9 Å². The van der Waals surface area contributed by atoms with E-state index in [1.165, 1.54) is 0 Å². The predicted molar refractivity (Wildman–Crippen MR) is 70.6 cm³/mol. The Kier molecular flexibility index (Phi) is 6.76. The average molecular weight is 262 g/mol. The minimum Gasteiger partial charge on any atom is -0.493 e. The van der Waals surface area contributed by atoms with Gasteiger partial charge in [0.25, 0.3) is 0 Å². The molecule has 0 heterocycles. The van der Waals surface area contributed by atoms with Gasteiger partial charge < -0.3 is 19.9 Å². The van der Waals surface area contributed by atoms with Gasteiger partial charge in [-0.15, -0.1) is 12.4 Å². The Morgan fingerprint density at radius 2 is 1.53 bits per heavy atom. The molecule has 0 amide bonds. The molecule has 0 aliphatic rings. The highest BCUT2D eigenvalue weighted by atomic mass is 35.5. The highest BCUT2D eigenvalue weighted by molar-refractivity contribution is 5.85. The van der Waals surface area contributed by atoms with Crippen LogP contribution in [0.25, 0.3) is 0 Å². The van der Waals surface area contributed by atoms with Crippen LogP contribution in [0.15, 0.2) is 12.1 Å². The summed E-state index contributed by atoms with van der Waals surface area (Å²) >= 11 is 0. The molecule has 0 aliphatic carbocycles. The maximum absolute atomic E-state index is 5.98. The summed E-state index contributed by atoms with van der Waals surface area (Å²) in [5.41, 5.74) is 6.96. The van der Waals surface area contributed by atoms with Crippen molar-refractivity contribution in [1.82, 2.24) is 0 Å². The van der Waals surface area contributed by atoms with Gasteiger partial charge in [-0.3, -0.25) is 0 Å². The third-order valence-electron chi connectivity index (χ3n) is 2.56. The van der Waals surface area contributed by atoms with Gasteiger partial charge in [0.05, 0.1) is 21.3 Å². The number of hydrogen-bond acceptors (Lipinski definition) is 4. The molecule has 0 saturated carbocycles. The van der Waals surface area contributed by atoms with Crippen molar-refractivity contribution in [3.8, 4) is 17.2 Å². The van der Waals surface area contributed by atoms with E-state index in [4.69, 9.17) is 19.9 Å². The van der Waals surface area contributed by atoms with E-state index in [1.54, 1.807) is 21.3 Å². The topological polar surface area (TPSA) is 53.7 Å². The number of benzene rings is 1. The molecule has 0 spiro atoms. The highest BCUT2D eigenvalue weighted by Gasteiger charge is 2.15. The van der Waals surface area contributed by atoms with Crippen LogP contribution >= 0.6 is 12.4 Å². The Balaban J connectivity index is 0.00000256. The molecule has 0 fully saturated rings. The second kappa shape index (κ2) is 7.25. The van der Waals surface area contributed by atoms with Gasteiger partial charge in [-0.1, -0.05) is 6.92 Å². The largest absolute Gasteiger partial charge is 0.493 e. The predicted octanol–water partition coefficient (Wildman–Crippen LogP) is 2.54. The van der Waals surface area contributed by atoms with E-state index in [-0.39, 0.29) is 18.4 Å². The summed E-state index contributed by atoms with van der Waals surface area (Å²) < 4.78 is 15.7. The number of ether oxygens (including phenoxy) is 3. The highest BCUT2D eigenvalue weighted by Crippen LogP contribution is 2.39. The van der Waals surface area contributed by atoms with Crippen LogP contribution in [-0.2, 0) is 0 Å². The second-order valence-electron chi connectivity index (χ2n) is 3.47. The maximum Gasteiger partial charge on any atom is 0.203 e. The third-order valence-corrected chi connectivity index (χ3v) is 2.56. The summed E-state index contributed by atoms with van der Waals surface area (Å²) in [6.45, 7) is 2.04. The molecular formula is C12H20ClNO3. The zero-order chi connectivity index (χ0) is 12.1. The normalized spacial score (nSPS) is 11.4. The van der Waals surface area contributed by atoms with E-state index < -0.39 is 0 Å². The van der Waals surface area contributed by atoms with Crippen molar-refractivity contribution in [3.63, 3.8) is 0 Å². The van der Waals surface area contributed by atoms with Crippen molar-refractivity contribution in [2.75, 3.05) is 21.3 Å². The van der Waals surface area contributed by atoms with E-state index >= 15 is 0 Å². The molecule has 1 atom stereocenters. The molecule has 0 bridgehead atoms. The smallest absolute Gasteiger partial charge is 0.203 e. The fraction of sp³-hybridized carbons (Fsp3) is 0.500. The molecule has 0 radical (unpaired) electrons. The minimum atomic E-state index is -0.0197. The summed E-state index contributed by atoms with van der Waals surface area (Å²) in [6.07, 6.45) is 0.860. The zero-order valence-corrected chi connectivity index (χ0v) is 11.5. The van der Waals surface area contributed by atoms with Gasteiger partial charge in [0.1, 0.15) is 0 Å². The fourth-order valence-electron chi connectivity index (χ4n) is 1.55. The summed E-state index contributed by atoms with van der Waals surface area (Å²) in [5, 5.41) is 0. The van der Waals surface area contributed by atoms with Crippen LogP contribution in [-0.4, -0.2) is 21.3 Å². The molecule has 5 heteroatoms. The molecule has 4 nitrogen and oxygen atoms in total. The van der Waals surface area contributed by atoms with E-state index in [9.17, 15) is 0 Å². The van der Waals surface area contributed by atoms with E-state index in [0.29, 0.717) is 17.2 Å². The first-order valence-electron chi connectivity index (χ1n) is 5.23. The SMILES string of the molecule is CC[C@@H](N)c1cc(OC)c(OC)c(OC)c1.Cl. The molecule has 98 valence electrons. The van der Waals surface area contributed by atoms with Gasteiger partial charge in [0.2, 0.25) is 5.75 Å². The van der Waals surface area contributed by atoms with Crippen LogP contribution in [0.2, 0.25) is 0 Å². The Morgan fingerprint density at radius 3 is 1.82 bits per heavy atom. The average Bonchev–Trinajstić information content (AvgIpc) is 2.35. The Labute approximate surface area is 108 Å². The lowest BCUT2D eigenvalue weighted by Crippen LogP contribution is -2.09. The second-order valence-corrected chi connectivity index (χ2v) is 3.47. The number of methoxy groups -OCH3 is 3. The van der Waals surface area contributed by atoms with Crippen molar-refractivity contribution in [1.29, 1.82) is 0 Å². The molecule has 1 rings (SSSR count). The molecule has 0 unspecified atom stereocenters. The van der Waals surface area contributed by atoms with E-state index in [0.717, 1.165) is 12.0 Å². The maximum atomic E-state index is 5.98. The summed E-state index contributed by atoms with van der Waals surface area (Å²) in [5.74, 6) is 1.87. The van der Waals surface area contributed by atoms with Gasteiger partial charge in [-0.2, -0.15) is 0 Å². The molecule has 0 aromatic heterocycles. The van der Waals surface area contributed by atoms with Crippen LogP contribution in [0.5, 0.6) is 17.2 Å². The lowest BCUT2D eigenvalue weighted by atomic mass is 10.0. The lowest BCUT2D eigenvalue weighted by Gasteiger charge is -2.16. The third kappa shape index (κ3) is 3.41. The van der Waals surface area contributed by atoms with E-state index in [2.05, 4.69) is 0 Å². The molecule has 0 aliphatic heterocycles. The van der Waals surface area contributed by atoms with Gasteiger partial charge in [-0.25, -0.2) is 0 Å². The fourth-order valence-corrected chi connectivity index (χ4v) is 1.55. The summed E-state index contributed by atoms with van der Waals surface area (Å²) in [4.78, 5) is 0. The Bertz CT molecular complexity index is 333. The van der Waals surface area contributed by atoms with Crippen molar-refractivity contribution in [2.45, 2.75) is 19.4 Å². The van der Waals surface area contributed by atoms with E-state index in [1.807, 2.05) is 19.1 Å². The Morgan fingerprint density at radius 1 is 1.06 bits per heavy atom. The van der Waals surface area contributed by atoms with Crippen molar-refractivity contribution >= 4 is 12.4 Å².